The molecular formula is C12H9ClN2OS. The molecule has 0 amide bonds. The van der Waals surface area contributed by atoms with Gasteiger partial charge in [-0.1, -0.05) is 11.6 Å². The third-order valence-corrected chi connectivity index (χ3v) is 4.05. The molecule has 3 nitrogen and oxygen atoms in total. The first-order valence-corrected chi connectivity index (χ1v) is 6.54. The summed E-state index contributed by atoms with van der Waals surface area (Å²) in [4.78, 5) is 12.5. The number of fused-ring (bicyclic) bond motifs is 3. The van der Waals surface area contributed by atoms with Gasteiger partial charge in [0.1, 0.15) is 0 Å². The fourth-order valence-corrected chi connectivity index (χ4v) is 3.04. The van der Waals surface area contributed by atoms with Gasteiger partial charge in [0.25, 0.3) is 0 Å². The number of benzene rings is 1. The Labute approximate surface area is 108 Å². The minimum Gasteiger partial charge on any atom is -0.273 e. The van der Waals surface area contributed by atoms with Crippen LogP contribution in [0.5, 0.6) is 0 Å². The van der Waals surface area contributed by atoms with Gasteiger partial charge in [0, 0.05) is 39.9 Å². The summed E-state index contributed by atoms with van der Waals surface area (Å²) in [5, 5.41) is 5.02. The Morgan fingerprint density at radius 2 is 2.35 bits per heavy atom. The standard InChI is InChI=1S/C12H9ClN2OS/c1-7(16)15-5-8-6-17-11-3-2-9(13)4-10(11)12(8)14-15/h2-5H,6H2,1H3. The topological polar surface area (TPSA) is 34.9 Å². The molecule has 0 N–H and O–H groups in total. The third kappa shape index (κ3) is 1.77. The van der Waals surface area contributed by atoms with E-state index in [4.69, 9.17) is 11.6 Å². The molecule has 0 bridgehead atoms. The van der Waals surface area contributed by atoms with E-state index in [1.165, 1.54) is 11.6 Å². The first-order valence-electron chi connectivity index (χ1n) is 5.17. The van der Waals surface area contributed by atoms with E-state index in [2.05, 4.69) is 5.10 Å². The second-order valence-electron chi connectivity index (χ2n) is 3.90. The maximum absolute atomic E-state index is 11.3. The number of hydrogen-bond donors (Lipinski definition) is 0. The maximum Gasteiger partial charge on any atom is 0.243 e. The first kappa shape index (κ1) is 10.9. The van der Waals surface area contributed by atoms with Gasteiger partial charge in [0.05, 0.1) is 5.69 Å². The average Bonchev–Trinajstić information content (AvgIpc) is 2.73. The highest BCUT2D eigenvalue weighted by molar-refractivity contribution is 7.98. The molecule has 1 aliphatic heterocycles. The van der Waals surface area contributed by atoms with Gasteiger partial charge < -0.3 is 0 Å². The van der Waals surface area contributed by atoms with Gasteiger partial charge in [-0.15, -0.1) is 11.8 Å². The van der Waals surface area contributed by atoms with Crippen molar-refractivity contribution in [2.24, 2.45) is 0 Å². The van der Waals surface area contributed by atoms with Crippen molar-refractivity contribution in [3.05, 3.63) is 35.0 Å². The van der Waals surface area contributed by atoms with Gasteiger partial charge in [-0.3, -0.25) is 4.79 Å². The Balaban J connectivity index is 2.21. The number of carbonyl (C=O) groups is 1. The Hall–Kier alpha value is -1.26. The number of carbonyl (C=O) groups excluding carboxylic acids is 1. The number of nitrogens with zero attached hydrogens (tertiary/aromatic N) is 2. The normalized spacial score (nSPS) is 13.1. The monoisotopic (exact) mass is 264 g/mol. The lowest BCUT2D eigenvalue weighted by Gasteiger charge is -2.14. The summed E-state index contributed by atoms with van der Waals surface area (Å²) in [5.74, 6) is 0.769. The molecule has 5 heteroatoms. The van der Waals surface area contributed by atoms with E-state index >= 15 is 0 Å². The number of rotatable bonds is 0. The fraction of sp³-hybridized carbons (Fsp3) is 0.167. The van der Waals surface area contributed by atoms with Gasteiger partial charge in [0.15, 0.2) is 0 Å². The van der Waals surface area contributed by atoms with Crippen LogP contribution in [-0.4, -0.2) is 15.7 Å². The molecule has 1 aliphatic rings. The highest BCUT2D eigenvalue weighted by Gasteiger charge is 2.21. The summed E-state index contributed by atoms with van der Waals surface area (Å²) in [6.07, 6.45) is 1.80. The van der Waals surface area contributed by atoms with Crippen LogP contribution in [-0.2, 0) is 5.75 Å². The molecule has 0 atom stereocenters. The molecule has 0 spiro atoms. The van der Waals surface area contributed by atoms with Crippen LogP contribution in [0.25, 0.3) is 11.3 Å². The molecule has 0 unspecified atom stereocenters. The molecule has 0 fully saturated rings. The third-order valence-electron chi connectivity index (χ3n) is 2.69. The van der Waals surface area contributed by atoms with Crippen LogP contribution in [0, 0.1) is 0 Å². The molecular weight excluding hydrogens is 256 g/mol. The van der Waals surface area contributed by atoms with Crippen molar-refractivity contribution in [2.45, 2.75) is 17.6 Å². The van der Waals surface area contributed by atoms with Crippen molar-refractivity contribution in [1.82, 2.24) is 9.78 Å². The van der Waals surface area contributed by atoms with Crippen molar-refractivity contribution in [3.63, 3.8) is 0 Å². The predicted molar refractivity (Wildman–Crippen MR) is 68.5 cm³/mol. The molecule has 2 aromatic rings. The van der Waals surface area contributed by atoms with Crippen LogP contribution in [0.2, 0.25) is 5.02 Å². The number of hydrogen-bond acceptors (Lipinski definition) is 3. The quantitative estimate of drug-likeness (QED) is 0.731. The number of thioether (sulfide) groups is 1. The lowest BCUT2D eigenvalue weighted by molar-refractivity contribution is 0.0921. The zero-order valence-corrected chi connectivity index (χ0v) is 10.7. The van der Waals surface area contributed by atoms with Crippen molar-refractivity contribution in [3.8, 4) is 11.3 Å². The maximum atomic E-state index is 11.3. The number of halogens is 1. The smallest absolute Gasteiger partial charge is 0.243 e. The molecule has 0 saturated heterocycles. The summed E-state index contributed by atoms with van der Waals surface area (Å²) in [7, 11) is 0. The Kier molecular flexibility index (Phi) is 2.49. The Morgan fingerprint density at radius 3 is 3.12 bits per heavy atom. The zero-order valence-electron chi connectivity index (χ0n) is 9.11. The van der Waals surface area contributed by atoms with Crippen LogP contribution >= 0.6 is 23.4 Å². The SMILES string of the molecule is CC(=O)n1cc2c(n1)-c1cc(Cl)ccc1SC2. The van der Waals surface area contributed by atoms with E-state index in [9.17, 15) is 4.79 Å². The van der Waals surface area contributed by atoms with Crippen molar-refractivity contribution >= 4 is 29.3 Å². The molecule has 0 saturated carbocycles. The van der Waals surface area contributed by atoms with Gasteiger partial charge in [-0.2, -0.15) is 5.10 Å². The lowest BCUT2D eigenvalue weighted by atomic mass is 10.1. The summed E-state index contributed by atoms with van der Waals surface area (Å²) in [6.45, 7) is 1.50. The van der Waals surface area contributed by atoms with E-state index in [1.54, 1.807) is 18.0 Å². The molecule has 0 aliphatic carbocycles. The molecule has 17 heavy (non-hydrogen) atoms. The van der Waals surface area contributed by atoms with Crippen molar-refractivity contribution in [1.29, 1.82) is 0 Å². The first-order chi connectivity index (χ1) is 8.15. The van der Waals surface area contributed by atoms with Crippen LogP contribution in [0.4, 0.5) is 0 Å². The van der Waals surface area contributed by atoms with E-state index in [0.29, 0.717) is 5.02 Å². The molecule has 3 rings (SSSR count). The van der Waals surface area contributed by atoms with Gasteiger partial charge in [0.2, 0.25) is 5.91 Å². The highest BCUT2D eigenvalue weighted by Crippen LogP contribution is 2.41. The van der Waals surface area contributed by atoms with E-state index in [-0.39, 0.29) is 5.91 Å². The molecule has 0 radical (unpaired) electrons. The summed E-state index contributed by atoms with van der Waals surface area (Å²) < 4.78 is 1.39. The van der Waals surface area contributed by atoms with E-state index in [1.807, 2.05) is 18.2 Å². The van der Waals surface area contributed by atoms with E-state index in [0.717, 1.165) is 27.5 Å². The zero-order chi connectivity index (χ0) is 12.0. The van der Waals surface area contributed by atoms with E-state index < -0.39 is 0 Å². The molecule has 1 aromatic carbocycles. The Bertz CT molecular complexity index is 621. The fourth-order valence-electron chi connectivity index (χ4n) is 1.87. The van der Waals surface area contributed by atoms with Gasteiger partial charge in [-0.25, -0.2) is 4.68 Å². The van der Waals surface area contributed by atoms with Gasteiger partial charge in [-0.05, 0) is 18.2 Å². The molecule has 1 aromatic heterocycles. The minimum absolute atomic E-state index is 0.0759. The minimum atomic E-state index is -0.0759. The van der Waals surface area contributed by atoms with Gasteiger partial charge >= 0.3 is 0 Å². The summed E-state index contributed by atoms with van der Waals surface area (Å²) in [5.41, 5.74) is 2.97. The van der Waals surface area contributed by atoms with Crippen LogP contribution in [0.1, 0.15) is 17.3 Å². The number of aromatic nitrogens is 2. The second-order valence-corrected chi connectivity index (χ2v) is 5.35. The average molecular weight is 265 g/mol. The largest absolute Gasteiger partial charge is 0.273 e. The Morgan fingerprint density at radius 1 is 1.53 bits per heavy atom. The predicted octanol–water partition coefficient (Wildman–Crippen LogP) is 3.47. The van der Waals surface area contributed by atoms with Crippen LogP contribution in [0.15, 0.2) is 29.3 Å². The summed E-state index contributed by atoms with van der Waals surface area (Å²) in [6, 6.07) is 5.78. The lowest BCUT2D eigenvalue weighted by Crippen LogP contribution is -2.05. The van der Waals surface area contributed by atoms with Crippen molar-refractivity contribution in [2.75, 3.05) is 0 Å². The van der Waals surface area contributed by atoms with Crippen LogP contribution in [0.3, 0.4) is 0 Å². The second kappa shape index (κ2) is 3.89. The highest BCUT2D eigenvalue weighted by atomic mass is 35.5. The van der Waals surface area contributed by atoms with Crippen LogP contribution < -0.4 is 0 Å². The molecule has 86 valence electrons. The molecule has 2 heterocycles. The summed E-state index contributed by atoms with van der Waals surface area (Å²) >= 11 is 7.74. The van der Waals surface area contributed by atoms with Crippen molar-refractivity contribution < 1.29 is 4.79 Å².